The van der Waals surface area contributed by atoms with Gasteiger partial charge in [0, 0.05) is 0 Å². The van der Waals surface area contributed by atoms with E-state index in [0.717, 1.165) is 4.73 Å². The van der Waals surface area contributed by atoms with Crippen LogP contribution in [-0.2, 0) is 0 Å². The molecule has 0 aliphatic rings. The zero-order chi connectivity index (χ0) is 17.9. The molecule has 0 aliphatic carbocycles. The summed E-state index contributed by atoms with van der Waals surface area (Å²) >= 11 is 0. The van der Waals surface area contributed by atoms with Crippen LogP contribution in [0.3, 0.4) is 0 Å². The molecule has 0 saturated heterocycles. The first-order valence-electron chi connectivity index (χ1n) is 7.43. The molecule has 7 nitrogen and oxygen atoms in total. The predicted octanol–water partition coefficient (Wildman–Crippen LogP) is 2.54. The number of imidazole rings is 1. The molecule has 0 amide bonds. The number of nitriles is 1. The molecule has 0 bridgehead atoms. The minimum Gasteiger partial charge on any atom is -0.489 e. The maximum atomic E-state index is 11.4. The minimum absolute atomic E-state index is 0.0410. The summed E-state index contributed by atoms with van der Waals surface area (Å²) in [6.45, 7) is 5.18. The number of hydrogen-bond acceptors (Lipinski definition) is 5. The maximum Gasteiger partial charge on any atom is 0.357 e. The van der Waals surface area contributed by atoms with Crippen LogP contribution in [0.25, 0.3) is 11.4 Å². The highest BCUT2D eigenvalue weighted by molar-refractivity contribution is 5.88. The van der Waals surface area contributed by atoms with Crippen molar-refractivity contribution < 1.29 is 19.5 Å². The van der Waals surface area contributed by atoms with Gasteiger partial charge in [0.05, 0.1) is 23.2 Å². The van der Waals surface area contributed by atoms with Crippen molar-refractivity contribution in [2.75, 3.05) is 7.11 Å². The molecule has 0 aliphatic heterocycles. The van der Waals surface area contributed by atoms with Crippen LogP contribution >= 0.6 is 0 Å². The van der Waals surface area contributed by atoms with E-state index < -0.39 is 5.97 Å². The second kappa shape index (κ2) is 7.04. The standard InChI is InChI=1S/C17H19N3O4/c1-10(9-18)12(3)24-14-8-6-5-7-13(14)16-19-11(2)15(17(21)22)20(16)23-4/h5-8,10,12H,1-4H3,(H,21,22). The molecule has 1 aromatic heterocycles. The molecule has 2 atom stereocenters. The van der Waals surface area contributed by atoms with E-state index in [2.05, 4.69) is 11.1 Å². The van der Waals surface area contributed by atoms with Crippen molar-refractivity contribution in [3.63, 3.8) is 0 Å². The number of ether oxygens (including phenoxy) is 1. The third-order valence-electron chi connectivity index (χ3n) is 3.75. The van der Waals surface area contributed by atoms with Crippen molar-refractivity contribution in [3.05, 3.63) is 35.7 Å². The van der Waals surface area contributed by atoms with Crippen LogP contribution < -0.4 is 9.57 Å². The lowest BCUT2D eigenvalue weighted by Gasteiger charge is -2.19. The van der Waals surface area contributed by atoms with Gasteiger partial charge in [-0.2, -0.15) is 9.99 Å². The first-order chi connectivity index (χ1) is 11.4. The number of carboxylic acid groups (broad SMARTS) is 1. The highest BCUT2D eigenvalue weighted by Gasteiger charge is 2.24. The van der Waals surface area contributed by atoms with E-state index in [1.165, 1.54) is 7.11 Å². The monoisotopic (exact) mass is 329 g/mol. The molecule has 2 rings (SSSR count). The first kappa shape index (κ1) is 17.3. The van der Waals surface area contributed by atoms with Crippen molar-refractivity contribution >= 4 is 5.97 Å². The van der Waals surface area contributed by atoms with Crippen LogP contribution in [0.15, 0.2) is 24.3 Å². The zero-order valence-corrected chi connectivity index (χ0v) is 14.0. The largest absolute Gasteiger partial charge is 0.489 e. The average molecular weight is 329 g/mol. The average Bonchev–Trinajstić information content (AvgIpc) is 2.90. The SMILES string of the molecule is COn1c(-c2ccccc2OC(C)C(C)C#N)nc(C)c1C(=O)O. The number of nitrogens with zero attached hydrogens (tertiary/aromatic N) is 3. The lowest BCUT2D eigenvalue weighted by molar-refractivity contribution is 0.0640. The van der Waals surface area contributed by atoms with E-state index in [1.807, 2.05) is 0 Å². The summed E-state index contributed by atoms with van der Waals surface area (Å²) in [7, 11) is 1.38. The highest BCUT2D eigenvalue weighted by atomic mass is 16.6. The molecule has 0 radical (unpaired) electrons. The van der Waals surface area contributed by atoms with Gasteiger partial charge in [-0.05, 0) is 32.9 Å². The maximum absolute atomic E-state index is 11.4. The summed E-state index contributed by atoms with van der Waals surface area (Å²) < 4.78 is 7.05. The number of carboxylic acids is 1. The third kappa shape index (κ3) is 3.18. The predicted molar refractivity (Wildman–Crippen MR) is 86.7 cm³/mol. The summed E-state index contributed by atoms with van der Waals surface area (Å²) in [5.41, 5.74) is 0.889. The Hall–Kier alpha value is -3.01. The molecule has 2 aromatic rings. The smallest absolute Gasteiger partial charge is 0.357 e. The fraction of sp³-hybridized carbons (Fsp3) is 0.353. The number of aromatic carboxylic acids is 1. The normalized spacial score (nSPS) is 13.0. The third-order valence-corrected chi connectivity index (χ3v) is 3.75. The van der Waals surface area contributed by atoms with Crippen molar-refractivity contribution in [1.82, 2.24) is 9.71 Å². The van der Waals surface area contributed by atoms with Gasteiger partial charge in [0.2, 0.25) is 0 Å². The van der Waals surface area contributed by atoms with Gasteiger partial charge in [-0.25, -0.2) is 9.78 Å². The molecule has 24 heavy (non-hydrogen) atoms. The van der Waals surface area contributed by atoms with Crippen LogP contribution in [0.5, 0.6) is 5.75 Å². The van der Waals surface area contributed by atoms with Gasteiger partial charge in [0.15, 0.2) is 11.5 Å². The molecular formula is C17H19N3O4. The number of benzene rings is 1. The fourth-order valence-corrected chi connectivity index (χ4v) is 2.26. The number of aromatic nitrogens is 2. The summed E-state index contributed by atoms with van der Waals surface area (Å²) in [6.07, 6.45) is -0.331. The van der Waals surface area contributed by atoms with Gasteiger partial charge in [0.25, 0.3) is 0 Å². The summed E-state index contributed by atoms with van der Waals surface area (Å²) in [6, 6.07) is 9.26. The van der Waals surface area contributed by atoms with Gasteiger partial charge in [0.1, 0.15) is 19.0 Å². The van der Waals surface area contributed by atoms with Crippen LogP contribution in [0, 0.1) is 24.2 Å². The van der Waals surface area contributed by atoms with Gasteiger partial charge in [-0.1, -0.05) is 12.1 Å². The van der Waals surface area contributed by atoms with Crippen LogP contribution in [0.1, 0.15) is 30.0 Å². The number of aryl methyl sites for hydroxylation is 1. The number of rotatable bonds is 6. The van der Waals surface area contributed by atoms with Crippen molar-refractivity contribution in [2.45, 2.75) is 26.9 Å². The molecule has 1 heterocycles. The highest BCUT2D eigenvalue weighted by Crippen LogP contribution is 2.31. The van der Waals surface area contributed by atoms with Crippen LogP contribution in [-0.4, -0.2) is 34.0 Å². The number of carbonyl (C=O) groups is 1. The Morgan fingerprint density at radius 2 is 2.04 bits per heavy atom. The van der Waals surface area contributed by atoms with Gasteiger partial charge in [-0.15, -0.1) is 0 Å². The topological polar surface area (TPSA) is 97.4 Å². The molecule has 2 unspecified atom stereocenters. The Morgan fingerprint density at radius 3 is 2.62 bits per heavy atom. The number of para-hydroxylation sites is 1. The molecule has 0 fully saturated rings. The Kier molecular flexibility index (Phi) is 5.09. The Balaban J connectivity index is 2.53. The van der Waals surface area contributed by atoms with Crippen molar-refractivity contribution in [1.29, 1.82) is 5.26 Å². The van der Waals surface area contributed by atoms with E-state index in [9.17, 15) is 9.90 Å². The Labute approximate surface area is 140 Å². The zero-order valence-electron chi connectivity index (χ0n) is 14.0. The van der Waals surface area contributed by atoms with E-state index in [0.29, 0.717) is 22.8 Å². The molecule has 0 saturated carbocycles. The van der Waals surface area contributed by atoms with E-state index in [4.69, 9.17) is 14.8 Å². The Bertz CT molecular complexity index is 792. The van der Waals surface area contributed by atoms with Gasteiger partial charge in [-0.3, -0.25) is 0 Å². The molecule has 7 heteroatoms. The lowest BCUT2D eigenvalue weighted by atomic mass is 10.1. The molecule has 1 aromatic carbocycles. The lowest BCUT2D eigenvalue weighted by Crippen LogP contribution is -2.20. The Morgan fingerprint density at radius 1 is 1.38 bits per heavy atom. The molecule has 126 valence electrons. The second-order valence-electron chi connectivity index (χ2n) is 5.39. The molecular weight excluding hydrogens is 310 g/mol. The quantitative estimate of drug-likeness (QED) is 0.874. The van der Waals surface area contributed by atoms with E-state index in [1.54, 1.807) is 45.0 Å². The summed E-state index contributed by atoms with van der Waals surface area (Å²) in [5, 5.41) is 18.4. The van der Waals surface area contributed by atoms with Gasteiger partial charge < -0.3 is 14.7 Å². The van der Waals surface area contributed by atoms with Crippen LogP contribution in [0.2, 0.25) is 0 Å². The van der Waals surface area contributed by atoms with Crippen molar-refractivity contribution in [3.8, 4) is 23.2 Å². The van der Waals surface area contributed by atoms with Gasteiger partial charge >= 0.3 is 5.97 Å². The van der Waals surface area contributed by atoms with E-state index >= 15 is 0 Å². The summed E-state index contributed by atoms with van der Waals surface area (Å²) in [4.78, 5) is 21.0. The van der Waals surface area contributed by atoms with Crippen molar-refractivity contribution in [2.24, 2.45) is 5.92 Å². The second-order valence-corrected chi connectivity index (χ2v) is 5.39. The first-order valence-corrected chi connectivity index (χ1v) is 7.43. The number of hydrogen-bond donors (Lipinski definition) is 1. The van der Waals surface area contributed by atoms with E-state index in [-0.39, 0.29) is 17.7 Å². The molecule has 1 N–H and O–H groups in total. The van der Waals surface area contributed by atoms with Crippen LogP contribution in [0.4, 0.5) is 0 Å². The fourth-order valence-electron chi connectivity index (χ4n) is 2.26. The molecule has 0 spiro atoms. The summed E-state index contributed by atoms with van der Waals surface area (Å²) in [5.74, 6) is -0.582. The minimum atomic E-state index is -1.13.